The van der Waals surface area contributed by atoms with Crippen LogP contribution in [0.3, 0.4) is 0 Å². The molecule has 3 aromatic heterocycles. The van der Waals surface area contributed by atoms with E-state index in [1.54, 1.807) is 23.0 Å². The molecular formula is C29H33N5O3S. The van der Waals surface area contributed by atoms with Gasteiger partial charge in [-0.3, -0.25) is 4.90 Å². The average molecular weight is 532 g/mol. The van der Waals surface area contributed by atoms with Crippen molar-refractivity contribution in [2.45, 2.75) is 39.8 Å². The summed E-state index contributed by atoms with van der Waals surface area (Å²) in [6.45, 7) is 11.3. The summed E-state index contributed by atoms with van der Waals surface area (Å²) in [7, 11) is 1.66. The highest BCUT2D eigenvalue weighted by atomic mass is 32.1. The normalized spacial score (nSPS) is 16.5. The number of anilines is 1. The number of methoxy groups -OCH3 is 1. The van der Waals surface area contributed by atoms with E-state index in [9.17, 15) is 0 Å². The third kappa shape index (κ3) is 4.83. The summed E-state index contributed by atoms with van der Waals surface area (Å²) in [5.74, 6) is 2.27. The van der Waals surface area contributed by atoms with E-state index in [1.165, 1.54) is 18.7 Å². The van der Waals surface area contributed by atoms with Crippen molar-refractivity contribution in [3.8, 4) is 23.0 Å². The predicted molar refractivity (Wildman–Crippen MR) is 152 cm³/mol. The van der Waals surface area contributed by atoms with Gasteiger partial charge in [-0.2, -0.15) is 5.10 Å². The number of aromatic nitrogens is 3. The summed E-state index contributed by atoms with van der Waals surface area (Å²) in [5.41, 5.74) is 3.70. The number of nitrogens with zero attached hydrogens (tertiary/aromatic N) is 5. The Morgan fingerprint density at radius 3 is 2.82 bits per heavy atom. The number of benzene rings is 2. The van der Waals surface area contributed by atoms with Crippen LogP contribution < -0.4 is 14.4 Å². The van der Waals surface area contributed by atoms with E-state index in [0.717, 1.165) is 63.3 Å². The van der Waals surface area contributed by atoms with Crippen LogP contribution in [-0.4, -0.2) is 58.8 Å². The Bertz CT molecular complexity index is 1540. The fraction of sp³-hybridized carbons (Fsp3) is 0.379. The zero-order chi connectivity index (χ0) is 26.2. The first-order valence-electron chi connectivity index (χ1n) is 13.2. The summed E-state index contributed by atoms with van der Waals surface area (Å²) < 4.78 is 19.9. The van der Waals surface area contributed by atoms with Gasteiger partial charge in [-0.05, 0) is 51.1 Å². The van der Waals surface area contributed by atoms with Gasteiger partial charge in [0.2, 0.25) is 4.96 Å². The van der Waals surface area contributed by atoms with E-state index < -0.39 is 0 Å². The van der Waals surface area contributed by atoms with Crippen LogP contribution in [0.5, 0.6) is 11.5 Å². The highest BCUT2D eigenvalue weighted by Gasteiger charge is 2.23. The van der Waals surface area contributed by atoms with Crippen molar-refractivity contribution < 1.29 is 13.9 Å². The van der Waals surface area contributed by atoms with Crippen LogP contribution in [0.4, 0.5) is 5.69 Å². The minimum atomic E-state index is 0.398. The molecule has 1 fully saturated rings. The fourth-order valence-electron chi connectivity index (χ4n) is 5.31. The minimum Gasteiger partial charge on any atom is -0.497 e. The molecule has 0 bridgehead atoms. The first-order valence-corrected chi connectivity index (χ1v) is 14.0. The van der Waals surface area contributed by atoms with Crippen LogP contribution in [0, 0.1) is 6.92 Å². The minimum absolute atomic E-state index is 0.398. The van der Waals surface area contributed by atoms with Gasteiger partial charge in [0.25, 0.3) is 0 Å². The van der Waals surface area contributed by atoms with E-state index in [-0.39, 0.29) is 0 Å². The molecule has 0 unspecified atom stereocenters. The Morgan fingerprint density at radius 1 is 1.13 bits per heavy atom. The zero-order valence-electron chi connectivity index (χ0n) is 22.3. The fourth-order valence-corrected chi connectivity index (χ4v) is 6.04. The lowest BCUT2D eigenvalue weighted by Gasteiger charge is -2.41. The Hall–Kier alpha value is -3.56. The number of hydrogen-bond donors (Lipinski definition) is 0. The summed E-state index contributed by atoms with van der Waals surface area (Å²) in [6.07, 6.45) is 3.10. The van der Waals surface area contributed by atoms with Crippen LogP contribution in [0.15, 0.2) is 53.1 Å². The molecule has 4 heterocycles. The number of ether oxygens (including phenoxy) is 2. The lowest BCUT2D eigenvalue weighted by Crippen LogP contribution is -2.52. The molecule has 9 heteroatoms. The van der Waals surface area contributed by atoms with Crippen LogP contribution in [-0.2, 0) is 6.61 Å². The number of rotatable bonds is 8. The Kier molecular flexibility index (Phi) is 6.71. The highest BCUT2D eigenvalue weighted by Crippen LogP contribution is 2.34. The molecule has 0 spiro atoms. The summed E-state index contributed by atoms with van der Waals surface area (Å²) in [4.78, 5) is 10.6. The Balaban J connectivity index is 1.23. The van der Waals surface area contributed by atoms with E-state index >= 15 is 0 Å². The second-order valence-electron chi connectivity index (χ2n) is 9.91. The van der Waals surface area contributed by atoms with E-state index in [2.05, 4.69) is 46.9 Å². The van der Waals surface area contributed by atoms with Crippen molar-refractivity contribution in [3.05, 3.63) is 59.2 Å². The van der Waals surface area contributed by atoms with Gasteiger partial charge in [-0.15, -0.1) is 0 Å². The second-order valence-corrected chi connectivity index (χ2v) is 11.1. The average Bonchev–Trinajstić information content (AvgIpc) is 3.60. The number of aryl methyl sites for hydroxylation is 1. The number of piperazine rings is 1. The number of fused-ring (bicyclic) bond motifs is 2. The van der Waals surface area contributed by atoms with Crippen molar-refractivity contribution in [1.29, 1.82) is 0 Å². The molecule has 5 aromatic rings. The van der Waals surface area contributed by atoms with Gasteiger partial charge >= 0.3 is 0 Å². The number of hydrogen-bond acceptors (Lipinski definition) is 8. The molecule has 1 saturated heterocycles. The van der Waals surface area contributed by atoms with Crippen molar-refractivity contribution in [2.24, 2.45) is 0 Å². The molecule has 0 amide bonds. The lowest BCUT2D eigenvalue weighted by molar-refractivity contribution is 0.229. The van der Waals surface area contributed by atoms with Crippen LogP contribution in [0.1, 0.15) is 30.8 Å². The molecule has 2 aromatic carbocycles. The van der Waals surface area contributed by atoms with Gasteiger partial charge in [0, 0.05) is 54.4 Å². The molecule has 1 aliphatic rings. The maximum Gasteiger partial charge on any atom is 0.212 e. The van der Waals surface area contributed by atoms with Crippen molar-refractivity contribution in [1.82, 2.24) is 19.5 Å². The van der Waals surface area contributed by atoms with Crippen molar-refractivity contribution >= 4 is 33.0 Å². The van der Waals surface area contributed by atoms with Gasteiger partial charge in [-0.25, -0.2) is 9.50 Å². The first kappa shape index (κ1) is 24.8. The maximum absolute atomic E-state index is 6.33. The van der Waals surface area contributed by atoms with E-state index in [1.807, 2.05) is 37.4 Å². The van der Waals surface area contributed by atoms with E-state index in [0.29, 0.717) is 18.4 Å². The van der Waals surface area contributed by atoms with E-state index in [4.69, 9.17) is 18.9 Å². The van der Waals surface area contributed by atoms with Gasteiger partial charge < -0.3 is 18.8 Å². The Labute approximate surface area is 226 Å². The molecule has 198 valence electrons. The first-order chi connectivity index (χ1) is 18.5. The molecule has 1 atom stereocenters. The highest BCUT2D eigenvalue weighted by molar-refractivity contribution is 7.16. The Morgan fingerprint density at radius 2 is 2.03 bits per heavy atom. The van der Waals surface area contributed by atoms with Crippen molar-refractivity contribution in [2.75, 3.05) is 38.2 Å². The molecule has 0 saturated carbocycles. The zero-order valence-corrected chi connectivity index (χ0v) is 23.1. The molecule has 0 N–H and O–H groups in total. The lowest BCUT2D eigenvalue weighted by atomic mass is 10.1. The summed E-state index contributed by atoms with van der Waals surface area (Å²) in [5, 5.41) is 6.43. The molecule has 1 aliphatic heterocycles. The SMILES string of the molecule is CCCN1CCN(c2cccc(OCc3cc(OC)cc4oc(-c5cn6nc(C)sc6n5)cc34)c2)[C@@H](C)C1. The monoisotopic (exact) mass is 531 g/mol. The number of imidazole rings is 1. The molecule has 6 rings (SSSR count). The van der Waals surface area contributed by atoms with Gasteiger partial charge in [-0.1, -0.05) is 24.3 Å². The topological polar surface area (TPSA) is 68.3 Å². The van der Waals surface area contributed by atoms with Crippen LogP contribution in [0.25, 0.3) is 27.4 Å². The molecular weight excluding hydrogens is 498 g/mol. The smallest absolute Gasteiger partial charge is 0.212 e. The third-order valence-corrected chi connectivity index (χ3v) is 7.96. The summed E-state index contributed by atoms with van der Waals surface area (Å²) in [6, 6.07) is 14.8. The largest absolute Gasteiger partial charge is 0.497 e. The summed E-state index contributed by atoms with van der Waals surface area (Å²) >= 11 is 1.56. The maximum atomic E-state index is 6.33. The van der Waals surface area contributed by atoms with Gasteiger partial charge in [0.15, 0.2) is 5.76 Å². The predicted octanol–water partition coefficient (Wildman–Crippen LogP) is 6.02. The quantitative estimate of drug-likeness (QED) is 0.242. The molecule has 8 nitrogen and oxygen atoms in total. The standard InChI is InChI=1S/C29H33N5O3S/c1-5-9-32-10-11-33(19(2)16-32)22-7-6-8-23(13-22)36-18-21-12-24(35-4)14-27-25(21)15-28(37-27)26-17-34-29(30-26)38-20(3)31-34/h6-8,12-15,17,19H,5,9-11,16,18H2,1-4H3/t19-/m0/s1. The number of furan rings is 1. The van der Waals surface area contributed by atoms with Crippen LogP contribution >= 0.6 is 11.3 Å². The molecule has 0 radical (unpaired) electrons. The third-order valence-electron chi connectivity index (χ3n) is 7.12. The molecule has 0 aliphatic carbocycles. The molecule has 38 heavy (non-hydrogen) atoms. The van der Waals surface area contributed by atoms with Crippen LogP contribution in [0.2, 0.25) is 0 Å². The second kappa shape index (κ2) is 10.3. The van der Waals surface area contributed by atoms with Gasteiger partial charge in [0.1, 0.15) is 34.4 Å². The van der Waals surface area contributed by atoms with Gasteiger partial charge in [0.05, 0.1) is 13.3 Å². The van der Waals surface area contributed by atoms with Crippen molar-refractivity contribution in [3.63, 3.8) is 0 Å².